The lowest BCUT2D eigenvalue weighted by atomic mass is 10.1. The van der Waals surface area contributed by atoms with Gasteiger partial charge in [0.05, 0.1) is 0 Å². The Labute approximate surface area is 107 Å². The number of benzene rings is 2. The molecule has 0 saturated carbocycles. The third-order valence-corrected chi connectivity index (χ3v) is 2.78. The first kappa shape index (κ1) is 12.5. The number of hydrogen-bond acceptors (Lipinski definition) is 3. The highest BCUT2D eigenvalue weighted by atomic mass is 16.2. The maximum Gasteiger partial charge on any atom is 0.0471 e. The van der Waals surface area contributed by atoms with Gasteiger partial charge in [0.2, 0.25) is 0 Å². The molecule has 2 aromatic carbocycles. The molecule has 4 N–H and O–H groups in total. The summed E-state index contributed by atoms with van der Waals surface area (Å²) in [6, 6.07) is 15.9. The molecule has 0 aliphatic rings. The number of anilines is 2. The fraction of sp³-hybridized carbons (Fsp3) is 0.200. The van der Waals surface area contributed by atoms with Crippen LogP contribution in [-0.4, -0.2) is 11.7 Å². The van der Waals surface area contributed by atoms with E-state index in [4.69, 9.17) is 10.8 Å². The monoisotopic (exact) mass is 242 g/mol. The first-order chi connectivity index (χ1) is 8.78. The van der Waals surface area contributed by atoms with E-state index >= 15 is 0 Å². The van der Waals surface area contributed by atoms with E-state index in [0.717, 1.165) is 29.0 Å². The van der Waals surface area contributed by atoms with Gasteiger partial charge in [0, 0.05) is 24.5 Å². The van der Waals surface area contributed by atoms with Crippen LogP contribution in [0.3, 0.4) is 0 Å². The molecule has 0 heterocycles. The molecule has 0 aromatic heterocycles. The molecule has 18 heavy (non-hydrogen) atoms. The summed E-state index contributed by atoms with van der Waals surface area (Å²) in [5.41, 5.74) is 9.86. The number of hydrogen-bond donors (Lipinski definition) is 3. The van der Waals surface area contributed by atoms with Gasteiger partial charge in [-0.25, -0.2) is 0 Å². The van der Waals surface area contributed by atoms with Crippen LogP contribution in [0.1, 0.15) is 11.1 Å². The van der Waals surface area contributed by atoms with Crippen LogP contribution in [0.25, 0.3) is 0 Å². The van der Waals surface area contributed by atoms with Crippen molar-refractivity contribution in [3.63, 3.8) is 0 Å². The van der Waals surface area contributed by atoms with E-state index in [1.165, 1.54) is 0 Å². The molecule has 0 unspecified atom stereocenters. The molecule has 2 rings (SSSR count). The van der Waals surface area contributed by atoms with Gasteiger partial charge in [0.15, 0.2) is 0 Å². The normalized spacial score (nSPS) is 10.3. The smallest absolute Gasteiger partial charge is 0.0471 e. The molecule has 0 atom stereocenters. The van der Waals surface area contributed by atoms with Gasteiger partial charge in [0.25, 0.3) is 0 Å². The topological polar surface area (TPSA) is 58.3 Å². The van der Waals surface area contributed by atoms with Gasteiger partial charge in [-0.2, -0.15) is 0 Å². The minimum atomic E-state index is 0.179. The van der Waals surface area contributed by atoms with Crippen LogP contribution in [0.15, 0.2) is 48.5 Å². The predicted octanol–water partition coefficient (Wildman–Crippen LogP) is 2.42. The number of rotatable bonds is 5. The molecule has 94 valence electrons. The minimum Gasteiger partial charge on any atom is -0.399 e. The van der Waals surface area contributed by atoms with Crippen molar-refractivity contribution in [3.05, 3.63) is 59.7 Å². The molecule has 0 amide bonds. The highest BCUT2D eigenvalue weighted by Crippen LogP contribution is 2.13. The second-order valence-electron chi connectivity index (χ2n) is 4.27. The van der Waals surface area contributed by atoms with Crippen LogP contribution in [0.4, 0.5) is 11.4 Å². The number of aliphatic hydroxyl groups is 1. The molecule has 3 nitrogen and oxygen atoms in total. The van der Waals surface area contributed by atoms with Crippen molar-refractivity contribution in [2.24, 2.45) is 0 Å². The van der Waals surface area contributed by atoms with Crippen LogP contribution in [0.5, 0.6) is 0 Å². The second-order valence-corrected chi connectivity index (χ2v) is 4.27. The summed E-state index contributed by atoms with van der Waals surface area (Å²) >= 11 is 0. The van der Waals surface area contributed by atoms with Gasteiger partial charge in [-0.1, -0.05) is 24.3 Å². The Kier molecular flexibility index (Phi) is 4.20. The van der Waals surface area contributed by atoms with Gasteiger partial charge in [0.1, 0.15) is 0 Å². The molecule has 2 aromatic rings. The number of nitrogens with one attached hydrogen (secondary N) is 1. The standard InChI is InChI=1S/C15H18N2O/c16-14-5-1-4-13(9-14)11-17-15-6-2-3-12(10-15)7-8-18/h1-6,9-10,17-18H,7-8,11,16H2. The van der Waals surface area contributed by atoms with Gasteiger partial charge in [-0.3, -0.25) is 0 Å². The van der Waals surface area contributed by atoms with Gasteiger partial charge >= 0.3 is 0 Å². The molecule has 0 aliphatic carbocycles. The van der Waals surface area contributed by atoms with E-state index in [2.05, 4.69) is 11.4 Å². The quantitative estimate of drug-likeness (QED) is 0.706. The van der Waals surface area contributed by atoms with Crippen LogP contribution < -0.4 is 11.1 Å². The summed E-state index contributed by atoms with van der Waals surface area (Å²) < 4.78 is 0. The van der Waals surface area contributed by atoms with Crippen molar-refractivity contribution in [1.29, 1.82) is 0 Å². The third-order valence-electron chi connectivity index (χ3n) is 2.78. The van der Waals surface area contributed by atoms with Gasteiger partial charge in [-0.15, -0.1) is 0 Å². The van der Waals surface area contributed by atoms with Crippen LogP contribution in [0.2, 0.25) is 0 Å². The first-order valence-electron chi connectivity index (χ1n) is 6.06. The van der Waals surface area contributed by atoms with Crippen LogP contribution >= 0.6 is 0 Å². The molecule has 0 spiro atoms. The van der Waals surface area contributed by atoms with Crippen molar-refractivity contribution >= 4 is 11.4 Å². The van der Waals surface area contributed by atoms with Crippen molar-refractivity contribution in [3.8, 4) is 0 Å². The first-order valence-corrected chi connectivity index (χ1v) is 6.06. The zero-order valence-electron chi connectivity index (χ0n) is 10.3. The molecule has 0 fully saturated rings. The van der Waals surface area contributed by atoms with Crippen LogP contribution in [0, 0.1) is 0 Å². The third kappa shape index (κ3) is 3.50. The molecule has 0 aliphatic heterocycles. The molecule has 0 saturated heterocycles. The maximum atomic E-state index is 8.91. The molecule has 0 bridgehead atoms. The molecule has 3 heteroatoms. The maximum absolute atomic E-state index is 8.91. The Morgan fingerprint density at radius 2 is 1.78 bits per heavy atom. The summed E-state index contributed by atoms with van der Waals surface area (Å²) in [6.45, 7) is 0.923. The Hall–Kier alpha value is -2.00. The highest BCUT2D eigenvalue weighted by molar-refractivity contribution is 5.47. The van der Waals surface area contributed by atoms with E-state index in [-0.39, 0.29) is 6.61 Å². The van der Waals surface area contributed by atoms with Crippen molar-refractivity contribution in [2.75, 3.05) is 17.7 Å². The molecule has 0 radical (unpaired) electrons. The lowest BCUT2D eigenvalue weighted by Gasteiger charge is -2.08. The van der Waals surface area contributed by atoms with Gasteiger partial charge < -0.3 is 16.2 Å². The highest BCUT2D eigenvalue weighted by Gasteiger charge is 1.97. The summed E-state index contributed by atoms with van der Waals surface area (Å²) in [4.78, 5) is 0. The number of nitrogen functional groups attached to an aromatic ring is 1. The van der Waals surface area contributed by atoms with E-state index in [9.17, 15) is 0 Å². The average molecular weight is 242 g/mol. The fourth-order valence-corrected chi connectivity index (χ4v) is 1.87. The summed E-state index contributed by atoms with van der Waals surface area (Å²) in [6.07, 6.45) is 0.688. The van der Waals surface area contributed by atoms with E-state index in [1.807, 2.05) is 42.5 Å². The Morgan fingerprint density at radius 3 is 2.56 bits per heavy atom. The van der Waals surface area contributed by atoms with Crippen molar-refractivity contribution < 1.29 is 5.11 Å². The lowest BCUT2D eigenvalue weighted by molar-refractivity contribution is 0.299. The van der Waals surface area contributed by atoms with E-state index in [1.54, 1.807) is 0 Å². The van der Waals surface area contributed by atoms with Gasteiger partial charge in [-0.05, 0) is 41.8 Å². The predicted molar refractivity (Wildman–Crippen MR) is 75.4 cm³/mol. The van der Waals surface area contributed by atoms with E-state index < -0.39 is 0 Å². The minimum absolute atomic E-state index is 0.179. The average Bonchev–Trinajstić information content (AvgIpc) is 2.37. The summed E-state index contributed by atoms with van der Waals surface area (Å²) in [5, 5.41) is 12.3. The Morgan fingerprint density at radius 1 is 1.00 bits per heavy atom. The van der Waals surface area contributed by atoms with E-state index in [0.29, 0.717) is 6.42 Å². The lowest BCUT2D eigenvalue weighted by Crippen LogP contribution is -2.01. The van der Waals surface area contributed by atoms with Crippen molar-refractivity contribution in [1.82, 2.24) is 0 Å². The number of nitrogens with two attached hydrogens (primary N) is 1. The SMILES string of the molecule is Nc1cccc(CNc2cccc(CCO)c2)c1. The fourth-order valence-electron chi connectivity index (χ4n) is 1.87. The summed E-state index contributed by atoms with van der Waals surface area (Å²) in [7, 11) is 0. The Balaban J connectivity index is 1.99. The largest absolute Gasteiger partial charge is 0.399 e. The van der Waals surface area contributed by atoms with Crippen LogP contribution in [-0.2, 0) is 13.0 Å². The molecular formula is C15H18N2O. The molecular weight excluding hydrogens is 224 g/mol. The van der Waals surface area contributed by atoms with Crippen molar-refractivity contribution in [2.45, 2.75) is 13.0 Å². The second kappa shape index (κ2) is 6.07. The summed E-state index contributed by atoms with van der Waals surface area (Å²) in [5.74, 6) is 0. The Bertz CT molecular complexity index is 511. The zero-order chi connectivity index (χ0) is 12.8. The zero-order valence-corrected chi connectivity index (χ0v) is 10.3. The number of aliphatic hydroxyl groups excluding tert-OH is 1.